The molecule has 1 saturated carbocycles. The van der Waals surface area contributed by atoms with Gasteiger partial charge in [-0.25, -0.2) is 4.79 Å². The van der Waals surface area contributed by atoms with Crippen LogP contribution in [0.3, 0.4) is 0 Å². The fourth-order valence-electron chi connectivity index (χ4n) is 3.25. The lowest BCUT2D eigenvalue weighted by Crippen LogP contribution is -2.58. The molecule has 0 radical (unpaired) electrons. The van der Waals surface area contributed by atoms with Crippen LogP contribution in [-0.2, 0) is 19.2 Å². The average molecular weight is 385 g/mol. The standard InChI is InChI=1S/C17H21ClN2O4S/c1-2-23-16(22)17(8-4-3-5-9-17)19-15(21)12-10-11(20-24-12)13-6-7-14(18)25-13/h6-7,12H,2-5,8-10H2,1H3,(H,19,21). The summed E-state index contributed by atoms with van der Waals surface area (Å²) in [4.78, 5) is 31.3. The van der Waals surface area contributed by atoms with E-state index in [9.17, 15) is 9.59 Å². The molecular weight excluding hydrogens is 364 g/mol. The Balaban J connectivity index is 1.65. The van der Waals surface area contributed by atoms with Gasteiger partial charge >= 0.3 is 5.97 Å². The summed E-state index contributed by atoms with van der Waals surface area (Å²) in [5.74, 6) is -0.677. The van der Waals surface area contributed by atoms with Crippen LogP contribution in [0.15, 0.2) is 17.3 Å². The third kappa shape index (κ3) is 3.98. The number of nitrogens with zero attached hydrogens (tertiary/aromatic N) is 1. The summed E-state index contributed by atoms with van der Waals surface area (Å²) in [5.41, 5.74) is -0.241. The van der Waals surface area contributed by atoms with Crippen LogP contribution in [0, 0.1) is 0 Å². The number of nitrogens with one attached hydrogen (secondary N) is 1. The molecule has 3 rings (SSSR count). The monoisotopic (exact) mass is 384 g/mol. The first-order chi connectivity index (χ1) is 12.0. The van der Waals surface area contributed by atoms with Gasteiger partial charge in [-0.2, -0.15) is 0 Å². The van der Waals surface area contributed by atoms with E-state index in [1.165, 1.54) is 11.3 Å². The van der Waals surface area contributed by atoms with Crippen molar-refractivity contribution in [2.45, 2.75) is 57.1 Å². The summed E-state index contributed by atoms with van der Waals surface area (Å²) < 4.78 is 5.87. The number of esters is 1. The molecule has 1 aromatic rings. The van der Waals surface area contributed by atoms with Crippen molar-refractivity contribution in [2.75, 3.05) is 6.61 Å². The summed E-state index contributed by atoms with van der Waals surface area (Å²) in [7, 11) is 0. The van der Waals surface area contributed by atoms with Gasteiger partial charge in [-0.05, 0) is 31.9 Å². The highest BCUT2D eigenvalue weighted by molar-refractivity contribution is 7.18. The second-order valence-corrected chi connectivity index (χ2v) is 8.01. The van der Waals surface area contributed by atoms with E-state index >= 15 is 0 Å². The van der Waals surface area contributed by atoms with Crippen LogP contribution in [0.5, 0.6) is 0 Å². The maximum absolute atomic E-state index is 12.7. The second kappa shape index (κ2) is 7.74. The van der Waals surface area contributed by atoms with Crippen molar-refractivity contribution < 1.29 is 19.2 Å². The molecule has 1 fully saturated rings. The molecular formula is C17H21ClN2O4S. The molecule has 8 heteroatoms. The largest absolute Gasteiger partial charge is 0.464 e. The fraction of sp³-hybridized carbons (Fsp3) is 0.588. The number of amides is 1. The van der Waals surface area contributed by atoms with Gasteiger partial charge in [0.2, 0.25) is 6.10 Å². The molecule has 1 aromatic heterocycles. The smallest absolute Gasteiger partial charge is 0.331 e. The average Bonchev–Trinajstić information content (AvgIpc) is 3.25. The zero-order valence-electron chi connectivity index (χ0n) is 14.0. The van der Waals surface area contributed by atoms with Crippen LogP contribution in [0.25, 0.3) is 0 Å². The number of carbonyl (C=O) groups is 2. The quantitative estimate of drug-likeness (QED) is 0.790. The molecule has 1 aliphatic heterocycles. The highest BCUT2D eigenvalue weighted by Gasteiger charge is 2.44. The summed E-state index contributed by atoms with van der Waals surface area (Å²) >= 11 is 7.34. The van der Waals surface area contributed by atoms with E-state index in [1.54, 1.807) is 13.0 Å². The fourth-order valence-corrected chi connectivity index (χ4v) is 4.29. The number of carbonyl (C=O) groups excluding carboxylic acids is 2. The minimum absolute atomic E-state index is 0.294. The number of thiophene rings is 1. The number of ether oxygens (including phenoxy) is 1. The molecule has 1 N–H and O–H groups in total. The Morgan fingerprint density at radius 2 is 2.16 bits per heavy atom. The SMILES string of the molecule is CCOC(=O)C1(NC(=O)C2CC(c3ccc(Cl)s3)=NO2)CCCCC1. The maximum atomic E-state index is 12.7. The van der Waals surface area contributed by atoms with Gasteiger partial charge in [0.05, 0.1) is 15.8 Å². The molecule has 1 unspecified atom stereocenters. The molecule has 25 heavy (non-hydrogen) atoms. The Hall–Kier alpha value is -1.60. The Morgan fingerprint density at radius 3 is 2.80 bits per heavy atom. The molecule has 1 aliphatic carbocycles. The molecule has 1 atom stereocenters. The van der Waals surface area contributed by atoms with Crippen molar-refractivity contribution in [3.8, 4) is 0 Å². The first kappa shape index (κ1) is 18.2. The van der Waals surface area contributed by atoms with E-state index in [2.05, 4.69) is 10.5 Å². The Bertz CT molecular complexity index is 682. The van der Waals surface area contributed by atoms with E-state index in [0.717, 1.165) is 24.1 Å². The van der Waals surface area contributed by atoms with E-state index in [1.807, 2.05) is 6.07 Å². The van der Waals surface area contributed by atoms with E-state index < -0.39 is 11.6 Å². The zero-order chi connectivity index (χ0) is 17.9. The number of hydrogen-bond donors (Lipinski definition) is 1. The molecule has 0 aromatic carbocycles. The van der Waals surface area contributed by atoms with E-state index in [0.29, 0.717) is 35.9 Å². The van der Waals surface area contributed by atoms with Crippen LogP contribution in [0.2, 0.25) is 4.34 Å². The molecule has 2 aliphatic rings. The highest BCUT2D eigenvalue weighted by atomic mass is 35.5. The van der Waals surface area contributed by atoms with Crippen molar-refractivity contribution in [3.05, 3.63) is 21.3 Å². The lowest BCUT2D eigenvalue weighted by molar-refractivity contribution is -0.156. The van der Waals surface area contributed by atoms with Gasteiger partial charge in [-0.1, -0.05) is 36.0 Å². The molecule has 1 amide bonds. The second-order valence-electron chi connectivity index (χ2n) is 6.29. The lowest BCUT2D eigenvalue weighted by Gasteiger charge is -2.35. The van der Waals surface area contributed by atoms with Crippen molar-refractivity contribution >= 4 is 40.5 Å². The van der Waals surface area contributed by atoms with Crippen LogP contribution >= 0.6 is 22.9 Å². The summed E-state index contributed by atoms with van der Waals surface area (Å²) in [6.45, 7) is 2.06. The third-order valence-electron chi connectivity index (χ3n) is 4.55. The summed E-state index contributed by atoms with van der Waals surface area (Å²) in [6.07, 6.45) is 3.66. The molecule has 0 saturated heterocycles. The molecule has 2 heterocycles. The Labute approximate surface area is 155 Å². The molecule has 6 nitrogen and oxygen atoms in total. The molecule has 0 spiro atoms. The zero-order valence-corrected chi connectivity index (χ0v) is 15.6. The summed E-state index contributed by atoms with van der Waals surface area (Å²) in [6, 6.07) is 3.64. The van der Waals surface area contributed by atoms with Gasteiger partial charge in [-0.3, -0.25) is 4.79 Å². The van der Waals surface area contributed by atoms with Gasteiger partial charge in [0, 0.05) is 6.42 Å². The number of oxime groups is 1. The molecule has 0 bridgehead atoms. The van der Waals surface area contributed by atoms with Gasteiger partial charge in [-0.15, -0.1) is 11.3 Å². The van der Waals surface area contributed by atoms with Gasteiger partial charge in [0.25, 0.3) is 5.91 Å². The first-order valence-corrected chi connectivity index (χ1v) is 9.71. The minimum Gasteiger partial charge on any atom is -0.464 e. The van der Waals surface area contributed by atoms with Gasteiger partial charge in [0.15, 0.2) is 0 Å². The third-order valence-corrected chi connectivity index (χ3v) is 5.83. The molecule has 136 valence electrons. The number of hydrogen-bond acceptors (Lipinski definition) is 6. The van der Waals surface area contributed by atoms with Crippen LogP contribution in [0.1, 0.15) is 50.3 Å². The van der Waals surface area contributed by atoms with Crippen molar-refractivity contribution in [1.82, 2.24) is 5.32 Å². The van der Waals surface area contributed by atoms with Crippen LogP contribution in [0.4, 0.5) is 0 Å². The van der Waals surface area contributed by atoms with Crippen molar-refractivity contribution in [1.29, 1.82) is 0 Å². The van der Waals surface area contributed by atoms with Crippen LogP contribution in [-0.4, -0.2) is 35.8 Å². The normalized spacial score (nSPS) is 22.0. The van der Waals surface area contributed by atoms with Gasteiger partial charge < -0.3 is 14.9 Å². The summed E-state index contributed by atoms with van der Waals surface area (Å²) in [5, 5.41) is 6.91. The lowest BCUT2D eigenvalue weighted by atomic mass is 9.81. The first-order valence-electron chi connectivity index (χ1n) is 8.52. The van der Waals surface area contributed by atoms with E-state index in [-0.39, 0.29) is 11.9 Å². The van der Waals surface area contributed by atoms with Gasteiger partial charge in [0.1, 0.15) is 11.3 Å². The predicted molar refractivity (Wildman–Crippen MR) is 95.9 cm³/mol. The van der Waals surface area contributed by atoms with Crippen molar-refractivity contribution in [2.24, 2.45) is 5.16 Å². The number of halogens is 1. The number of rotatable bonds is 5. The topological polar surface area (TPSA) is 77.0 Å². The predicted octanol–water partition coefficient (Wildman–Crippen LogP) is 3.28. The van der Waals surface area contributed by atoms with Crippen molar-refractivity contribution in [3.63, 3.8) is 0 Å². The Morgan fingerprint density at radius 1 is 1.40 bits per heavy atom. The van der Waals surface area contributed by atoms with E-state index in [4.69, 9.17) is 21.2 Å². The van der Waals surface area contributed by atoms with Crippen LogP contribution < -0.4 is 5.32 Å². The maximum Gasteiger partial charge on any atom is 0.331 e. The highest BCUT2D eigenvalue weighted by Crippen LogP contribution is 2.31. The minimum atomic E-state index is -0.941. The Kier molecular flexibility index (Phi) is 5.64.